The van der Waals surface area contributed by atoms with Crippen molar-refractivity contribution < 1.29 is 4.74 Å². The molecule has 3 N–H and O–H groups in total. The summed E-state index contributed by atoms with van der Waals surface area (Å²) in [5, 5.41) is 3.20. The normalized spacial score (nSPS) is 10.1. The van der Waals surface area contributed by atoms with E-state index in [1.807, 2.05) is 12.1 Å². The van der Waals surface area contributed by atoms with E-state index < -0.39 is 0 Å². The molecule has 0 aromatic carbocycles. The Bertz CT molecular complexity index is 265. The molecule has 0 aliphatic rings. The average molecular weight is 195 g/mol. The van der Waals surface area contributed by atoms with Crippen molar-refractivity contribution in [1.29, 1.82) is 0 Å². The van der Waals surface area contributed by atoms with E-state index in [9.17, 15) is 0 Å². The molecule has 0 saturated heterocycles. The molecule has 0 bridgehead atoms. The van der Waals surface area contributed by atoms with E-state index in [2.05, 4.69) is 10.3 Å². The second-order valence-electron chi connectivity index (χ2n) is 3.07. The van der Waals surface area contributed by atoms with Gasteiger partial charge in [-0.3, -0.25) is 0 Å². The average Bonchev–Trinajstić information content (AvgIpc) is 2.18. The first-order valence-corrected chi connectivity index (χ1v) is 4.78. The molecule has 0 fully saturated rings. The Hall–Kier alpha value is -1.29. The van der Waals surface area contributed by atoms with Crippen LogP contribution in [0.4, 0.5) is 11.6 Å². The summed E-state index contributed by atoms with van der Waals surface area (Å²) >= 11 is 0. The fourth-order valence-corrected chi connectivity index (χ4v) is 1.14. The molecule has 1 heterocycles. The number of pyridine rings is 1. The Morgan fingerprint density at radius 1 is 1.43 bits per heavy atom. The van der Waals surface area contributed by atoms with Gasteiger partial charge in [0.15, 0.2) is 0 Å². The van der Waals surface area contributed by atoms with Crippen LogP contribution in [0.2, 0.25) is 0 Å². The van der Waals surface area contributed by atoms with Gasteiger partial charge >= 0.3 is 0 Å². The molecular weight excluding hydrogens is 178 g/mol. The zero-order valence-electron chi connectivity index (χ0n) is 8.49. The van der Waals surface area contributed by atoms with Crippen molar-refractivity contribution in [3.05, 3.63) is 18.2 Å². The molecule has 78 valence electrons. The first-order valence-electron chi connectivity index (χ1n) is 4.78. The molecule has 14 heavy (non-hydrogen) atoms. The molecule has 0 aliphatic heterocycles. The number of hydrogen-bond acceptors (Lipinski definition) is 4. The Labute approximate surface area is 84.5 Å². The molecule has 0 spiro atoms. The van der Waals surface area contributed by atoms with E-state index in [-0.39, 0.29) is 0 Å². The second-order valence-corrected chi connectivity index (χ2v) is 3.07. The molecule has 0 radical (unpaired) electrons. The largest absolute Gasteiger partial charge is 0.385 e. The van der Waals surface area contributed by atoms with E-state index in [0.717, 1.165) is 31.8 Å². The molecule has 0 saturated carbocycles. The van der Waals surface area contributed by atoms with Crippen LogP contribution in [0.5, 0.6) is 0 Å². The van der Waals surface area contributed by atoms with Gasteiger partial charge in [0.25, 0.3) is 0 Å². The summed E-state index contributed by atoms with van der Waals surface area (Å²) in [6, 6.07) is 5.57. The van der Waals surface area contributed by atoms with Crippen LogP contribution in [0.15, 0.2) is 18.2 Å². The summed E-state index contributed by atoms with van der Waals surface area (Å²) < 4.78 is 4.95. The van der Waals surface area contributed by atoms with E-state index in [0.29, 0.717) is 5.82 Å². The van der Waals surface area contributed by atoms with Crippen molar-refractivity contribution in [3.8, 4) is 0 Å². The monoisotopic (exact) mass is 195 g/mol. The van der Waals surface area contributed by atoms with Crippen LogP contribution in [0.25, 0.3) is 0 Å². The van der Waals surface area contributed by atoms with Gasteiger partial charge in [-0.2, -0.15) is 0 Å². The summed E-state index contributed by atoms with van der Waals surface area (Å²) in [6.45, 7) is 1.71. The van der Waals surface area contributed by atoms with E-state index >= 15 is 0 Å². The predicted molar refractivity (Wildman–Crippen MR) is 58.2 cm³/mol. The van der Waals surface area contributed by atoms with E-state index in [1.165, 1.54) is 0 Å². The first kappa shape index (κ1) is 10.8. The number of rotatable bonds is 6. The smallest absolute Gasteiger partial charge is 0.128 e. The highest BCUT2D eigenvalue weighted by Gasteiger charge is 1.93. The highest BCUT2D eigenvalue weighted by Crippen LogP contribution is 2.05. The lowest BCUT2D eigenvalue weighted by Crippen LogP contribution is -2.05. The first-order chi connectivity index (χ1) is 6.83. The van der Waals surface area contributed by atoms with Gasteiger partial charge < -0.3 is 15.8 Å². The van der Waals surface area contributed by atoms with Crippen LogP contribution < -0.4 is 11.1 Å². The van der Waals surface area contributed by atoms with Crippen molar-refractivity contribution in [2.24, 2.45) is 0 Å². The van der Waals surface area contributed by atoms with Crippen molar-refractivity contribution in [2.45, 2.75) is 12.8 Å². The van der Waals surface area contributed by atoms with Crippen LogP contribution in [-0.2, 0) is 4.74 Å². The topological polar surface area (TPSA) is 60.2 Å². The highest BCUT2D eigenvalue weighted by atomic mass is 16.5. The third kappa shape index (κ3) is 4.09. The minimum absolute atomic E-state index is 0.548. The number of hydrogen-bond donors (Lipinski definition) is 2. The summed E-state index contributed by atoms with van der Waals surface area (Å²) in [4.78, 5) is 4.13. The molecule has 0 atom stereocenters. The van der Waals surface area contributed by atoms with Crippen LogP contribution in [-0.4, -0.2) is 25.2 Å². The van der Waals surface area contributed by atoms with E-state index in [1.54, 1.807) is 13.2 Å². The number of nitrogens with zero attached hydrogens (tertiary/aromatic N) is 1. The lowest BCUT2D eigenvalue weighted by atomic mass is 10.3. The van der Waals surface area contributed by atoms with Gasteiger partial charge in [-0.15, -0.1) is 0 Å². The van der Waals surface area contributed by atoms with Gasteiger partial charge in [-0.05, 0) is 25.0 Å². The van der Waals surface area contributed by atoms with Gasteiger partial charge in [-0.1, -0.05) is 6.07 Å². The van der Waals surface area contributed by atoms with Crippen LogP contribution in [0.1, 0.15) is 12.8 Å². The maximum Gasteiger partial charge on any atom is 0.128 e. The van der Waals surface area contributed by atoms with Gasteiger partial charge in [0, 0.05) is 20.3 Å². The summed E-state index contributed by atoms with van der Waals surface area (Å²) in [5.41, 5.74) is 5.54. The zero-order valence-corrected chi connectivity index (χ0v) is 8.49. The van der Waals surface area contributed by atoms with Crippen LogP contribution in [0, 0.1) is 0 Å². The Kier molecular flexibility index (Phi) is 4.78. The SMILES string of the molecule is COCCCCNc1cccc(N)n1. The van der Waals surface area contributed by atoms with Gasteiger partial charge in [-0.25, -0.2) is 4.98 Å². The predicted octanol–water partition coefficient (Wildman–Crippen LogP) is 1.50. The molecular formula is C10H17N3O. The number of nitrogens with one attached hydrogen (secondary N) is 1. The number of anilines is 2. The van der Waals surface area contributed by atoms with Gasteiger partial charge in [0.05, 0.1) is 0 Å². The lowest BCUT2D eigenvalue weighted by Gasteiger charge is -2.05. The number of ether oxygens (including phenoxy) is 1. The molecule has 4 nitrogen and oxygen atoms in total. The van der Waals surface area contributed by atoms with Crippen LogP contribution >= 0.6 is 0 Å². The minimum Gasteiger partial charge on any atom is -0.385 e. The summed E-state index contributed by atoms with van der Waals surface area (Å²) in [7, 11) is 1.72. The van der Waals surface area contributed by atoms with Crippen molar-refractivity contribution >= 4 is 11.6 Å². The standard InChI is InChI=1S/C10H17N3O/c1-14-8-3-2-7-12-10-6-4-5-9(11)13-10/h4-6H,2-3,7-8H2,1H3,(H3,11,12,13). The summed E-state index contributed by atoms with van der Waals surface area (Å²) in [5.74, 6) is 1.38. The minimum atomic E-state index is 0.548. The van der Waals surface area contributed by atoms with Crippen molar-refractivity contribution in [1.82, 2.24) is 4.98 Å². The maximum atomic E-state index is 5.54. The Balaban J connectivity index is 2.18. The third-order valence-electron chi connectivity index (χ3n) is 1.85. The van der Waals surface area contributed by atoms with Gasteiger partial charge in [0.2, 0.25) is 0 Å². The third-order valence-corrected chi connectivity index (χ3v) is 1.85. The molecule has 1 aromatic rings. The van der Waals surface area contributed by atoms with E-state index in [4.69, 9.17) is 10.5 Å². The van der Waals surface area contributed by atoms with Crippen LogP contribution in [0.3, 0.4) is 0 Å². The quantitative estimate of drug-likeness (QED) is 0.675. The van der Waals surface area contributed by atoms with Crippen molar-refractivity contribution in [3.63, 3.8) is 0 Å². The molecule has 1 rings (SSSR count). The van der Waals surface area contributed by atoms with Gasteiger partial charge in [0.1, 0.15) is 11.6 Å². The highest BCUT2D eigenvalue weighted by molar-refractivity contribution is 5.41. The maximum absolute atomic E-state index is 5.54. The molecule has 4 heteroatoms. The second kappa shape index (κ2) is 6.21. The zero-order chi connectivity index (χ0) is 10.2. The molecule has 0 aliphatic carbocycles. The number of unbranched alkanes of at least 4 members (excludes halogenated alkanes) is 1. The van der Waals surface area contributed by atoms with Crippen molar-refractivity contribution in [2.75, 3.05) is 31.3 Å². The Morgan fingerprint density at radius 3 is 3.00 bits per heavy atom. The lowest BCUT2D eigenvalue weighted by molar-refractivity contribution is 0.194. The number of methoxy groups -OCH3 is 1. The fraction of sp³-hybridized carbons (Fsp3) is 0.500. The fourth-order valence-electron chi connectivity index (χ4n) is 1.14. The number of nitrogen functional groups attached to an aromatic ring is 1. The number of aromatic nitrogens is 1. The molecule has 0 unspecified atom stereocenters. The Morgan fingerprint density at radius 2 is 2.29 bits per heavy atom. The molecule has 1 aromatic heterocycles. The summed E-state index contributed by atoms with van der Waals surface area (Å²) in [6.07, 6.45) is 2.14. The number of nitrogens with two attached hydrogens (primary N) is 1. The molecule has 0 amide bonds.